The average Bonchev–Trinajstić information content (AvgIpc) is 3.20. The molecule has 0 bridgehead atoms. The zero-order chi connectivity index (χ0) is 17.1. The van der Waals surface area contributed by atoms with E-state index in [9.17, 15) is 4.79 Å². The molecule has 24 heavy (non-hydrogen) atoms. The largest absolute Gasteiger partial charge is 0.481 e. The number of hydrogen-bond donors (Lipinski definition) is 1. The molecule has 1 N–H and O–H groups in total. The minimum atomic E-state index is 0.0413. The second-order valence-corrected chi connectivity index (χ2v) is 5.87. The van der Waals surface area contributed by atoms with E-state index in [1.165, 1.54) is 6.33 Å². The molecular weight excluding hydrogens is 308 g/mol. The van der Waals surface area contributed by atoms with Crippen molar-refractivity contribution in [1.82, 2.24) is 30.0 Å². The molecule has 1 aliphatic rings. The van der Waals surface area contributed by atoms with Crippen LogP contribution in [0.3, 0.4) is 0 Å². The number of nitrogens with one attached hydrogen (secondary N) is 1. The maximum absolute atomic E-state index is 12.3. The van der Waals surface area contributed by atoms with Gasteiger partial charge in [-0.3, -0.25) is 9.48 Å². The summed E-state index contributed by atoms with van der Waals surface area (Å²) < 4.78 is 7.18. The van der Waals surface area contributed by atoms with Gasteiger partial charge in [-0.15, -0.1) is 0 Å². The van der Waals surface area contributed by atoms with E-state index in [0.717, 1.165) is 11.3 Å². The third-order valence-corrected chi connectivity index (χ3v) is 4.14. The van der Waals surface area contributed by atoms with Crippen molar-refractivity contribution in [2.45, 2.75) is 39.5 Å². The number of aromatic nitrogens is 4. The number of hydrogen-bond acceptors (Lipinski definition) is 6. The summed E-state index contributed by atoms with van der Waals surface area (Å²) in [6, 6.07) is 2.08. The predicted molar refractivity (Wildman–Crippen MR) is 87.5 cm³/mol. The van der Waals surface area contributed by atoms with E-state index in [1.807, 2.05) is 13.0 Å². The van der Waals surface area contributed by atoms with E-state index < -0.39 is 0 Å². The minimum absolute atomic E-state index is 0.0413. The first kappa shape index (κ1) is 16.4. The highest BCUT2D eigenvalue weighted by Crippen LogP contribution is 2.26. The lowest BCUT2D eigenvalue weighted by molar-refractivity contribution is 0.0786. The van der Waals surface area contributed by atoms with Crippen LogP contribution in [0.15, 0.2) is 18.7 Å². The summed E-state index contributed by atoms with van der Waals surface area (Å²) >= 11 is 0. The Kier molecular flexibility index (Phi) is 4.75. The minimum Gasteiger partial charge on any atom is -0.481 e. The van der Waals surface area contributed by atoms with Crippen LogP contribution in [0, 0.1) is 0 Å². The molecule has 0 spiro atoms. The van der Waals surface area contributed by atoms with Gasteiger partial charge in [0, 0.05) is 24.7 Å². The zero-order valence-corrected chi connectivity index (χ0v) is 14.2. The fourth-order valence-electron chi connectivity index (χ4n) is 2.82. The van der Waals surface area contributed by atoms with E-state index >= 15 is 0 Å². The number of carbonyl (C=O) groups excluding carboxylic acids is 1. The van der Waals surface area contributed by atoms with Crippen LogP contribution >= 0.6 is 0 Å². The lowest BCUT2D eigenvalue weighted by atomic mass is 10.1. The molecule has 2 aromatic rings. The van der Waals surface area contributed by atoms with Crippen molar-refractivity contribution >= 4 is 5.91 Å². The highest BCUT2D eigenvalue weighted by atomic mass is 16.5. The van der Waals surface area contributed by atoms with Gasteiger partial charge in [-0.2, -0.15) is 5.10 Å². The number of nitrogens with zero attached hydrogens (tertiary/aromatic N) is 5. The van der Waals surface area contributed by atoms with Crippen molar-refractivity contribution < 1.29 is 9.53 Å². The van der Waals surface area contributed by atoms with Crippen molar-refractivity contribution in [2.75, 3.05) is 13.7 Å². The Balaban J connectivity index is 1.71. The molecule has 2 aromatic heterocycles. The number of pyridine rings is 1. The van der Waals surface area contributed by atoms with Crippen molar-refractivity contribution in [1.29, 1.82) is 0 Å². The van der Waals surface area contributed by atoms with Crippen LogP contribution in [0.2, 0.25) is 0 Å². The summed E-state index contributed by atoms with van der Waals surface area (Å²) in [6.45, 7) is 6.55. The number of amides is 1. The van der Waals surface area contributed by atoms with Crippen LogP contribution in [0.4, 0.5) is 0 Å². The predicted octanol–water partition coefficient (Wildman–Crippen LogP) is 0.836. The summed E-state index contributed by atoms with van der Waals surface area (Å²) in [7, 11) is 1.60. The molecule has 8 heteroatoms. The highest BCUT2D eigenvalue weighted by Gasteiger charge is 2.29. The molecule has 1 atom stereocenters. The third-order valence-electron chi connectivity index (χ3n) is 4.14. The fourth-order valence-corrected chi connectivity index (χ4v) is 2.82. The van der Waals surface area contributed by atoms with Crippen molar-refractivity contribution in [3.8, 4) is 5.88 Å². The Morgan fingerprint density at radius 2 is 2.29 bits per heavy atom. The molecule has 0 saturated heterocycles. The van der Waals surface area contributed by atoms with Gasteiger partial charge in [0.1, 0.15) is 12.7 Å². The zero-order valence-electron chi connectivity index (χ0n) is 14.2. The molecule has 8 nitrogen and oxygen atoms in total. The fraction of sp³-hybridized carbons (Fsp3) is 0.500. The number of ether oxygens (including phenoxy) is 1. The Bertz CT molecular complexity index is 716. The first-order valence-electron chi connectivity index (χ1n) is 8.04. The monoisotopic (exact) mass is 330 g/mol. The van der Waals surface area contributed by atoms with Crippen LogP contribution in [0.25, 0.3) is 0 Å². The van der Waals surface area contributed by atoms with Crippen LogP contribution < -0.4 is 10.1 Å². The quantitative estimate of drug-likeness (QED) is 0.809. The van der Waals surface area contributed by atoms with Crippen LogP contribution in [0.1, 0.15) is 35.5 Å². The first-order valence-corrected chi connectivity index (χ1v) is 8.04. The highest BCUT2D eigenvalue weighted by molar-refractivity contribution is 5.98. The van der Waals surface area contributed by atoms with E-state index in [0.29, 0.717) is 37.6 Å². The smallest absolute Gasteiger partial charge is 0.256 e. The Hall–Kier alpha value is -2.48. The normalized spacial score (nSPS) is 14.8. The summed E-state index contributed by atoms with van der Waals surface area (Å²) in [5.41, 5.74) is 2.35. The third kappa shape index (κ3) is 3.23. The van der Waals surface area contributed by atoms with Crippen molar-refractivity contribution in [3.05, 3.63) is 35.5 Å². The van der Waals surface area contributed by atoms with Gasteiger partial charge in [-0.1, -0.05) is 0 Å². The summed E-state index contributed by atoms with van der Waals surface area (Å²) in [5.74, 6) is 0.611. The topological polar surface area (TPSA) is 85.2 Å². The first-order chi connectivity index (χ1) is 11.6. The van der Waals surface area contributed by atoms with Gasteiger partial charge in [0.05, 0.1) is 31.5 Å². The maximum Gasteiger partial charge on any atom is 0.256 e. The SMILES string of the molecule is CCN1Cc2nc(OC)c(CNC(C)Cn3cncn3)cc2C1=O. The van der Waals surface area contributed by atoms with Gasteiger partial charge >= 0.3 is 0 Å². The second kappa shape index (κ2) is 6.96. The molecule has 0 aromatic carbocycles. The van der Waals surface area contributed by atoms with Gasteiger partial charge in [0.25, 0.3) is 5.91 Å². The molecule has 0 radical (unpaired) electrons. The molecule has 3 rings (SSSR count). The molecule has 0 saturated carbocycles. The van der Waals surface area contributed by atoms with E-state index in [-0.39, 0.29) is 11.9 Å². The lowest BCUT2D eigenvalue weighted by Gasteiger charge is -2.15. The van der Waals surface area contributed by atoms with Crippen molar-refractivity contribution in [3.63, 3.8) is 0 Å². The lowest BCUT2D eigenvalue weighted by Crippen LogP contribution is -2.30. The Labute approximate surface area is 140 Å². The number of fused-ring (bicyclic) bond motifs is 1. The number of carbonyl (C=O) groups is 1. The van der Waals surface area contributed by atoms with Crippen molar-refractivity contribution in [2.24, 2.45) is 0 Å². The van der Waals surface area contributed by atoms with E-state index in [1.54, 1.807) is 23.0 Å². The van der Waals surface area contributed by atoms with Crippen LogP contribution in [-0.4, -0.2) is 50.3 Å². The van der Waals surface area contributed by atoms with E-state index in [4.69, 9.17) is 4.74 Å². The summed E-state index contributed by atoms with van der Waals surface area (Å²) in [6.07, 6.45) is 3.21. The molecule has 0 fully saturated rings. The molecule has 128 valence electrons. The molecule has 0 aliphatic carbocycles. The molecule has 3 heterocycles. The molecule has 1 unspecified atom stereocenters. The number of rotatable bonds is 7. The standard InChI is InChI=1S/C16H22N6O2/c1-4-21-8-14-13(16(21)23)5-12(15(20-14)24-3)6-18-11(2)7-22-10-17-9-19-22/h5,9-11,18H,4,6-8H2,1-3H3. The maximum atomic E-state index is 12.3. The summed E-state index contributed by atoms with van der Waals surface area (Å²) in [5, 5.41) is 7.51. The van der Waals surface area contributed by atoms with E-state index in [2.05, 4.69) is 27.3 Å². The molecule has 1 aliphatic heterocycles. The number of methoxy groups -OCH3 is 1. The van der Waals surface area contributed by atoms with Gasteiger partial charge in [-0.05, 0) is 19.9 Å². The van der Waals surface area contributed by atoms with Gasteiger partial charge in [0.15, 0.2) is 0 Å². The van der Waals surface area contributed by atoms with Crippen LogP contribution in [0.5, 0.6) is 5.88 Å². The van der Waals surface area contributed by atoms with Gasteiger partial charge < -0.3 is 15.0 Å². The Morgan fingerprint density at radius 3 is 2.96 bits per heavy atom. The van der Waals surface area contributed by atoms with Gasteiger partial charge in [-0.25, -0.2) is 9.97 Å². The van der Waals surface area contributed by atoms with Crippen LogP contribution in [-0.2, 0) is 19.6 Å². The molecular formula is C16H22N6O2. The van der Waals surface area contributed by atoms with Gasteiger partial charge in [0.2, 0.25) is 5.88 Å². The molecule has 1 amide bonds. The average molecular weight is 330 g/mol. The summed E-state index contributed by atoms with van der Waals surface area (Å²) in [4.78, 5) is 22.6. The second-order valence-electron chi connectivity index (χ2n) is 5.87. The Morgan fingerprint density at radius 1 is 1.46 bits per heavy atom.